The fourth-order valence-electron chi connectivity index (χ4n) is 1.49. The lowest BCUT2D eigenvalue weighted by Gasteiger charge is -2.09. The maximum atomic E-state index is 5.96. The predicted octanol–water partition coefficient (Wildman–Crippen LogP) is 4.22. The number of nitrogens with zero attached hydrogens (tertiary/aromatic N) is 1. The van der Waals surface area contributed by atoms with Crippen molar-refractivity contribution < 1.29 is 4.84 Å². The number of benzene rings is 1. The molecule has 1 heterocycles. The van der Waals surface area contributed by atoms with Gasteiger partial charge < -0.3 is 4.84 Å². The number of rotatable bonds is 2. The van der Waals surface area contributed by atoms with Gasteiger partial charge in [-0.2, -0.15) is 0 Å². The van der Waals surface area contributed by atoms with Gasteiger partial charge in [-0.1, -0.05) is 22.8 Å². The molecule has 2 nitrogen and oxygen atoms in total. The van der Waals surface area contributed by atoms with Crippen LogP contribution >= 0.6 is 39.1 Å². The molecule has 0 aliphatic carbocycles. The molecule has 5 heteroatoms. The summed E-state index contributed by atoms with van der Waals surface area (Å²) in [5.41, 5.74) is 1.92. The van der Waals surface area contributed by atoms with Gasteiger partial charge in [0.05, 0.1) is 16.1 Å². The van der Waals surface area contributed by atoms with Crippen molar-refractivity contribution in [1.82, 2.24) is 0 Å². The highest BCUT2D eigenvalue weighted by molar-refractivity contribution is 9.10. The molecule has 0 N–H and O–H groups in total. The van der Waals surface area contributed by atoms with E-state index < -0.39 is 0 Å². The Labute approximate surface area is 113 Å². The third kappa shape index (κ3) is 2.53. The van der Waals surface area contributed by atoms with Crippen molar-refractivity contribution >= 4 is 44.8 Å². The smallest absolute Gasteiger partial charge is 0.149 e. The third-order valence-electron chi connectivity index (χ3n) is 2.46. The first-order valence-electron chi connectivity index (χ1n) is 4.90. The number of oxime groups is 1. The molecular weight excluding hydrogens is 313 g/mol. The summed E-state index contributed by atoms with van der Waals surface area (Å²) in [5, 5.41) is 4.69. The van der Waals surface area contributed by atoms with E-state index in [4.69, 9.17) is 28.0 Å². The Hall–Kier alpha value is -0.250. The summed E-state index contributed by atoms with van der Waals surface area (Å²) in [7, 11) is 0. The molecule has 16 heavy (non-hydrogen) atoms. The lowest BCUT2D eigenvalue weighted by Crippen LogP contribution is -2.18. The first-order chi connectivity index (χ1) is 7.58. The van der Waals surface area contributed by atoms with Gasteiger partial charge in [0.15, 0.2) is 0 Å². The molecule has 1 aromatic rings. The van der Waals surface area contributed by atoms with E-state index in [1.165, 1.54) is 0 Å². The largest absolute Gasteiger partial charge is 0.390 e. The van der Waals surface area contributed by atoms with Gasteiger partial charge in [-0.3, -0.25) is 0 Å². The van der Waals surface area contributed by atoms with Crippen LogP contribution in [0, 0.1) is 0 Å². The zero-order valence-corrected chi connectivity index (χ0v) is 11.7. The van der Waals surface area contributed by atoms with Crippen molar-refractivity contribution in [2.45, 2.75) is 24.8 Å². The molecule has 2 rings (SSSR count). The quantitative estimate of drug-likeness (QED) is 0.747. The number of hydrogen-bond donors (Lipinski definition) is 0. The molecule has 0 radical (unpaired) electrons. The second kappa shape index (κ2) is 4.94. The summed E-state index contributed by atoms with van der Waals surface area (Å²) < 4.78 is 0.858. The maximum absolute atomic E-state index is 5.96. The summed E-state index contributed by atoms with van der Waals surface area (Å²) in [5.74, 6) is 0. The highest BCUT2D eigenvalue weighted by Crippen LogP contribution is 2.27. The zero-order valence-electron chi connectivity index (χ0n) is 8.58. The molecule has 0 fully saturated rings. The van der Waals surface area contributed by atoms with Gasteiger partial charge in [-0.05, 0) is 35.0 Å². The van der Waals surface area contributed by atoms with Gasteiger partial charge >= 0.3 is 0 Å². The Morgan fingerprint density at radius 1 is 1.56 bits per heavy atom. The van der Waals surface area contributed by atoms with E-state index >= 15 is 0 Å². The van der Waals surface area contributed by atoms with Crippen LogP contribution in [0.5, 0.6) is 0 Å². The van der Waals surface area contributed by atoms with Crippen LogP contribution in [0.2, 0.25) is 5.02 Å². The van der Waals surface area contributed by atoms with E-state index in [-0.39, 0.29) is 11.5 Å². The summed E-state index contributed by atoms with van der Waals surface area (Å²) in [4.78, 5) is 5.26. The molecule has 0 saturated heterocycles. The van der Waals surface area contributed by atoms with Crippen LogP contribution in [0.3, 0.4) is 0 Å². The summed E-state index contributed by atoms with van der Waals surface area (Å²) >= 11 is 15.3. The van der Waals surface area contributed by atoms with Gasteiger partial charge in [0, 0.05) is 16.5 Å². The Morgan fingerprint density at radius 2 is 2.31 bits per heavy atom. The molecule has 0 spiro atoms. The second-order valence-corrected chi connectivity index (χ2v) is 5.64. The predicted molar refractivity (Wildman–Crippen MR) is 70.5 cm³/mol. The average Bonchev–Trinajstić information content (AvgIpc) is 2.71. The van der Waals surface area contributed by atoms with Crippen molar-refractivity contribution in [3.63, 3.8) is 0 Å². The Bertz CT molecular complexity index is 434. The minimum Gasteiger partial charge on any atom is -0.390 e. The van der Waals surface area contributed by atoms with Gasteiger partial charge in [0.25, 0.3) is 0 Å². The molecule has 0 saturated carbocycles. The van der Waals surface area contributed by atoms with E-state index in [0.29, 0.717) is 5.02 Å². The minimum absolute atomic E-state index is 0.0360. The normalized spacial score (nSPS) is 21.5. The van der Waals surface area contributed by atoms with Crippen LogP contribution in [0.15, 0.2) is 27.8 Å². The zero-order chi connectivity index (χ0) is 11.7. The van der Waals surface area contributed by atoms with E-state index in [1.807, 2.05) is 25.1 Å². The van der Waals surface area contributed by atoms with Crippen molar-refractivity contribution in [3.05, 3.63) is 33.3 Å². The average molecular weight is 323 g/mol. The highest BCUT2D eigenvalue weighted by Gasteiger charge is 2.26. The van der Waals surface area contributed by atoms with Crippen LogP contribution in [-0.4, -0.2) is 17.2 Å². The summed E-state index contributed by atoms with van der Waals surface area (Å²) in [6.07, 6.45) is 0.699. The van der Waals surface area contributed by atoms with E-state index in [9.17, 15) is 0 Å². The topological polar surface area (TPSA) is 21.6 Å². The van der Waals surface area contributed by atoms with Crippen molar-refractivity contribution in [1.29, 1.82) is 0 Å². The molecule has 1 aliphatic rings. The van der Waals surface area contributed by atoms with Gasteiger partial charge in [-0.15, -0.1) is 11.6 Å². The number of alkyl halides is 1. The van der Waals surface area contributed by atoms with E-state index in [2.05, 4.69) is 21.1 Å². The van der Waals surface area contributed by atoms with Crippen LogP contribution in [0.4, 0.5) is 0 Å². The monoisotopic (exact) mass is 321 g/mol. The molecule has 2 unspecified atom stereocenters. The summed E-state index contributed by atoms with van der Waals surface area (Å²) in [6.45, 7) is 1.91. The Balaban J connectivity index is 2.18. The number of hydrogen-bond acceptors (Lipinski definition) is 2. The lowest BCUT2D eigenvalue weighted by atomic mass is 10.0. The van der Waals surface area contributed by atoms with Gasteiger partial charge in [-0.25, -0.2) is 0 Å². The first-order valence-corrected chi connectivity index (χ1v) is 6.51. The SMILES string of the molecule is CC(Cl)C1CC(c2ccc(Cl)c(Br)c2)=NO1. The van der Waals surface area contributed by atoms with Crippen molar-refractivity contribution in [2.24, 2.45) is 5.16 Å². The molecular formula is C11H10BrCl2NO. The number of halogens is 3. The van der Waals surface area contributed by atoms with E-state index in [0.717, 1.165) is 22.2 Å². The second-order valence-electron chi connectivity index (χ2n) is 3.69. The van der Waals surface area contributed by atoms with Crippen LogP contribution in [0.25, 0.3) is 0 Å². The third-order valence-corrected chi connectivity index (χ3v) is 3.95. The fourth-order valence-corrected chi connectivity index (χ4v) is 2.12. The van der Waals surface area contributed by atoms with Gasteiger partial charge in [0.1, 0.15) is 6.10 Å². The van der Waals surface area contributed by atoms with Gasteiger partial charge in [0.2, 0.25) is 0 Å². The van der Waals surface area contributed by atoms with E-state index in [1.54, 1.807) is 0 Å². The molecule has 0 bridgehead atoms. The van der Waals surface area contributed by atoms with Crippen LogP contribution < -0.4 is 0 Å². The molecule has 2 atom stereocenters. The molecule has 1 aromatic carbocycles. The molecule has 86 valence electrons. The molecule has 1 aliphatic heterocycles. The van der Waals surface area contributed by atoms with Crippen molar-refractivity contribution in [3.8, 4) is 0 Å². The molecule has 0 amide bonds. The maximum Gasteiger partial charge on any atom is 0.149 e. The Morgan fingerprint density at radius 3 is 2.88 bits per heavy atom. The standard InChI is InChI=1S/C11H10BrCl2NO/c1-6(13)11-5-10(15-16-11)7-2-3-9(14)8(12)4-7/h2-4,6,11H,5H2,1H3. The van der Waals surface area contributed by atoms with Crippen molar-refractivity contribution in [2.75, 3.05) is 0 Å². The lowest BCUT2D eigenvalue weighted by molar-refractivity contribution is 0.0855. The van der Waals surface area contributed by atoms with Crippen LogP contribution in [-0.2, 0) is 4.84 Å². The minimum atomic E-state index is -0.0445. The Kier molecular flexibility index (Phi) is 3.77. The fraction of sp³-hybridized carbons (Fsp3) is 0.364. The highest BCUT2D eigenvalue weighted by atomic mass is 79.9. The first kappa shape index (κ1) is 12.2. The van der Waals surface area contributed by atoms with Crippen LogP contribution in [0.1, 0.15) is 18.9 Å². The molecule has 0 aromatic heterocycles. The summed E-state index contributed by atoms with van der Waals surface area (Å²) in [6, 6.07) is 5.70.